The largest absolute Gasteiger partial charge is 0.428 e. The first-order valence-electron chi connectivity index (χ1n) is 8.87. The van der Waals surface area contributed by atoms with Gasteiger partial charge in [0.15, 0.2) is 0 Å². The number of amidine groups is 1. The molecule has 148 valence electrons. The number of para-hydroxylation sites is 1. The Bertz CT molecular complexity index is 950. The van der Waals surface area contributed by atoms with Crippen molar-refractivity contribution in [3.63, 3.8) is 0 Å². The van der Waals surface area contributed by atoms with Crippen LogP contribution in [0.1, 0.15) is 12.0 Å². The fourth-order valence-corrected chi connectivity index (χ4v) is 3.61. The van der Waals surface area contributed by atoms with Gasteiger partial charge in [0.1, 0.15) is 5.84 Å². The normalized spacial score (nSPS) is 19.4. The van der Waals surface area contributed by atoms with Gasteiger partial charge in [-0.3, -0.25) is 10.2 Å². The molecule has 1 amide bonds. The fourth-order valence-electron chi connectivity index (χ4n) is 3.61. The van der Waals surface area contributed by atoms with E-state index in [1.165, 1.54) is 4.90 Å². The average molecular weight is 392 g/mol. The number of halogens is 3. The maximum atomic E-state index is 13.0. The molecular formula is C18H19F3N6O. The van der Waals surface area contributed by atoms with Gasteiger partial charge in [0.2, 0.25) is 12.1 Å². The predicted octanol–water partition coefficient (Wildman–Crippen LogP) is 2.07. The van der Waals surface area contributed by atoms with E-state index < -0.39 is 12.3 Å². The zero-order valence-corrected chi connectivity index (χ0v) is 14.9. The average Bonchev–Trinajstić information content (AvgIpc) is 3.25. The van der Waals surface area contributed by atoms with Gasteiger partial charge in [-0.2, -0.15) is 18.3 Å². The lowest BCUT2D eigenvalue weighted by Gasteiger charge is -2.36. The number of carbonyl (C=O) groups excluding carboxylic acids is 1. The molecule has 1 atom stereocenters. The van der Waals surface area contributed by atoms with Crippen molar-refractivity contribution in [3.8, 4) is 0 Å². The number of nitrogens with zero attached hydrogens (tertiary/aromatic N) is 3. The van der Waals surface area contributed by atoms with Crippen LogP contribution in [0.2, 0.25) is 0 Å². The minimum absolute atomic E-state index is 0.0127. The number of nitrogens with one attached hydrogen (secondary N) is 3. The first-order chi connectivity index (χ1) is 13.3. The highest BCUT2D eigenvalue weighted by molar-refractivity contribution is 6.03. The smallest absolute Gasteiger partial charge is 0.361 e. The van der Waals surface area contributed by atoms with Crippen molar-refractivity contribution in [2.45, 2.75) is 25.2 Å². The van der Waals surface area contributed by atoms with Crippen LogP contribution in [0.25, 0.3) is 10.9 Å². The minimum Gasteiger partial charge on any atom is -0.361 e. The number of H-pyrrole nitrogens is 1. The SMILES string of the molecule is N=C(CC(=O)N1CCN2C(=NNC2C(F)(F)F)C1)Cc1c[nH]c2ccccc12. The second kappa shape index (κ2) is 6.84. The summed E-state index contributed by atoms with van der Waals surface area (Å²) in [6.45, 7) is 0.239. The fraction of sp³-hybridized carbons (Fsp3) is 0.389. The van der Waals surface area contributed by atoms with Gasteiger partial charge in [-0.05, 0) is 11.6 Å². The molecule has 2 aromatic rings. The van der Waals surface area contributed by atoms with E-state index in [1.54, 1.807) is 0 Å². The molecule has 0 spiro atoms. The van der Waals surface area contributed by atoms with Gasteiger partial charge in [0, 0.05) is 42.3 Å². The summed E-state index contributed by atoms with van der Waals surface area (Å²) in [7, 11) is 0. The van der Waals surface area contributed by atoms with Crippen LogP contribution in [0, 0.1) is 5.41 Å². The summed E-state index contributed by atoms with van der Waals surface area (Å²) in [5.74, 6) is -0.0762. The third kappa shape index (κ3) is 3.41. The third-order valence-corrected chi connectivity index (χ3v) is 5.01. The Labute approximate surface area is 158 Å². The van der Waals surface area contributed by atoms with Crippen molar-refractivity contribution in [1.29, 1.82) is 5.41 Å². The third-order valence-electron chi connectivity index (χ3n) is 5.01. The summed E-state index contributed by atoms with van der Waals surface area (Å²) in [6.07, 6.45) is -4.16. The minimum atomic E-state index is -4.43. The van der Waals surface area contributed by atoms with Gasteiger partial charge in [0.05, 0.1) is 13.0 Å². The van der Waals surface area contributed by atoms with E-state index in [-0.39, 0.29) is 43.5 Å². The molecule has 1 unspecified atom stereocenters. The van der Waals surface area contributed by atoms with Gasteiger partial charge in [-0.1, -0.05) is 18.2 Å². The van der Waals surface area contributed by atoms with Gasteiger partial charge in [-0.15, -0.1) is 0 Å². The Morgan fingerprint density at radius 1 is 1.29 bits per heavy atom. The molecule has 4 rings (SSSR count). The topological polar surface area (TPSA) is 87.6 Å². The highest BCUT2D eigenvalue weighted by Gasteiger charge is 2.49. The number of alkyl halides is 3. The molecule has 1 saturated heterocycles. The van der Waals surface area contributed by atoms with Crippen LogP contribution < -0.4 is 5.43 Å². The maximum Gasteiger partial charge on any atom is 0.428 e. The molecule has 1 aromatic heterocycles. The summed E-state index contributed by atoms with van der Waals surface area (Å²) in [5, 5.41) is 12.9. The molecule has 1 fully saturated rings. The zero-order valence-electron chi connectivity index (χ0n) is 14.9. The van der Waals surface area contributed by atoms with E-state index in [0.29, 0.717) is 6.42 Å². The number of fused-ring (bicyclic) bond motifs is 2. The molecule has 3 heterocycles. The lowest BCUT2D eigenvalue weighted by molar-refractivity contribution is -0.179. The Hall–Kier alpha value is -3.04. The van der Waals surface area contributed by atoms with E-state index in [0.717, 1.165) is 21.4 Å². The summed E-state index contributed by atoms with van der Waals surface area (Å²) in [6, 6.07) is 7.73. The number of aromatic nitrogens is 1. The Balaban J connectivity index is 1.35. The number of carbonyl (C=O) groups is 1. The molecular weight excluding hydrogens is 373 g/mol. The van der Waals surface area contributed by atoms with Crippen LogP contribution in [0.3, 0.4) is 0 Å². The molecule has 28 heavy (non-hydrogen) atoms. The highest BCUT2D eigenvalue weighted by atomic mass is 19.4. The van der Waals surface area contributed by atoms with Crippen LogP contribution in [-0.4, -0.2) is 64.2 Å². The van der Waals surface area contributed by atoms with E-state index in [2.05, 4.69) is 15.5 Å². The number of rotatable bonds is 4. The number of amides is 1. The van der Waals surface area contributed by atoms with E-state index in [9.17, 15) is 18.0 Å². The zero-order chi connectivity index (χ0) is 19.9. The molecule has 3 N–H and O–H groups in total. The molecule has 2 aliphatic heterocycles. The van der Waals surface area contributed by atoms with Gasteiger partial charge in [0.25, 0.3) is 0 Å². The van der Waals surface area contributed by atoms with Crippen molar-refractivity contribution < 1.29 is 18.0 Å². The van der Waals surface area contributed by atoms with Gasteiger partial charge in [-0.25, -0.2) is 0 Å². The van der Waals surface area contributed by atoms with Gasteiger partial charge < -0.3 is 20.2 Å². The molecule has 0 aliphatic carbocycles. The first-order valence-corrected chi connectivity index (χ1v) is 8.87. The summed E-state index contributed by atoms with van der Waals surface area (Å²) in [4.78, 5) is 18.3. The Kier molecular flexibility index (Phi) is 4.48. The molecule has 1 aromatic carbocycles. The molecule has 7 nitrogen and oxygen atoms in total. The molecule has 0 bridgehead atoms. The number of piperazine rings is 1. The summed E-state index contributed by atoms with van der Waals surface area (Å²) in [5.41, 5.74) is 4.26. The van der Waals surface area contributed by atoms with Crippen molar-refractivity contribution in [3.05, 3.63) is 36.0 Å². The highest BCUT2D eigenvalue weighted by Crippen LogP contribution is 2.27. The number of hydrogen-bond acceptors (Lipinski definition) is 5. The monoisotopic (exact) mass is 392 g/mol. The van der Waals surface area contributed by atoms with Gasteiger partial charge >= 0.3 is 6.18 Å². The first kappa shape index (κ1) is 18.3. The predicted molar refractivity (Wildman–Crippen MR) is 98.0 cm³/mol. The summed E-state index contributed by atoms with van der Waals surface area (Å²) < 4.78 is 38.9. The Morgan fingerprint density at radius 2 is 2.07 bits per heavy atom. The van der Waals surface area contributed by atoms with E-state index >= 15 is 0 Å². The maximum absolute atomic E-state index is 13.0. The number of hydrazone groups is 1. The van der Waals surface area contributed by atoms with E-state index in [4.69, 9.17) is 5.41 Å². The van der Waals surface area contributed by atoms with Crippen LogP contribution in [-0.2, 0) is 11.2 Å². The molecule has 0 saturated carbocycles. The number of benzene rings is 1. The van der Waals surface area contributed by atoms with E-state index in [1.807, 2.05) is 30.5 Å². The second-order valence-electron chi connectivity index (χ2n) is 6.93. The quantitative estimate of drug-likeness (QED) is 0.696. The second-order valence-corrected chi connectivity index (χ2v) is 6.93. The van der Waals surface area contributed by atoms with Crippen molar-refractivity contribution in [2.24, 2.45) is 5.10 Å². The molecule has 0 radical (unpaired) electrons. The molecule has 2 aliphatic rings. The van der Waals surface area contributed by atoms with Crippen molar-refractivity contribution >= 4 is 28.4 Å². The van der Waals surface area contributed by atoms with Crippen molar-refractivity contribution in [1.82, 2.24) is 20.2 Å². The van der Waals surface area contributed by atoms with Crippen LogP contribution >= 0.6 is 0 Å². The Morgan fingerprint density at radius 3 is 2.86 bits per heavy atom. The molecule has 10 heteroatoms. The van der Waals surface area contributed by atoms with Crippen molar-refractivity contribution in [2.75, 3.05) is 19.6 Å². The van der Waals surface area contributed by atoms with Crippen LogP contribution in [0.4, 0.5) is 13.2 Å². The lowest BCUT2D eigenvalue weighted by atomic mass is 10.0. The van der Waals surface area contributed by atoms with Crippen LogP contribution in [0.15, 0.2) is 35.6 Å². The number of aromatic amines is 1. The lowest BCUT2D eigenvalue weighted by Crippen LogP contribution is -2.58. The van der Waals surface area contributed by atoms with Crippen LogP contribution in [0.5, 0.6) is 0 Å². The standard InChI is InChI=1S/C18H19F3N6O/c19-18(20,21)17-25-24-15-10-26(5-6-27(15)17)16(28)8-12(22)7-11-9-23-14-4-2-1-3-13(11)14/h1-4,9,17,22-23,25H,5-8,10H2. The summed E-state index contributed by atoms with van der Waals surface area (Å²) >= 11 is 0. The number of hydrogen-bond donors (Lipinski definition) is 3.